The van der Waals surface area contributed by atoms with Gasteiger partial charge in [-0.05, 0) is 41.1 Å². The van der Waals surface area contributed by atoms with Crippen molar-refractivity contribution in [2.75, 3.05) is 5.32 Å². The maximum Gasteiger partial charge on any atom is 0.276 e. The molecule has 0 radical (unpaired) electrons. The van der Waals surface area contributed by atoms with Crippen LogP contribution in [0.2, 0.25) is 0 Å². The molecule has 0 aliphatic carbocycles. The van der Waals surface area contributed by atoms with Crippen LogP contribution in [0, 0.1) is 0 Å². The van der Waals surface area contributed by atoms with Gasteiger partial charge in [0, 0.05) is 18.2 Å². The first-order valence-electron chi connectivity index (χ1n) is 5.92. The van der Waals surface area contributed by atoms with Crippen LogP contribution < -0.4 is 10.1 Å². The van der Waals surface area contributed by atoms with Crippen LogP contribution in [0.3, 0.4) is 0 Å². The number of hydrogen-bond acceptors (Lipinski definition) is 5. The molecule has 1 aromatic heterocycles. The fourth-order valence-electron chi connectivity index (χ4n) is 1.49. The molecule has 2 rings (SSSR count). The van der Waals surface area contributed by atoms with Gasteiger partial charge in [-0.2, -0.15) is 24.9 Å². The second-order valence-corrected chi connectivity index (χ2v) is 6.56. The smallest absolute Gasteiger partial charge is 0.276 e. The third-order valence-electron chi connectivity index (χ3n) is 2.41. The van der Waals surface area contributed by atoms with Gasteiger partial charge in [-0.1, -0.05) is 0 Å². The summed E-state index contributed by atoms with van der Waals surface area (Å²) in [6.07, 6.45) is 1.43. The molecule has 0 saturated heterocycles. The minimum atomic E-state index is -3.72. The summed E-state index contributed by atoms with van der Waals surface area (Å²) < 4.78 is 24.0. The summed E-state index contributed by atoms with van der Waals surface area (Å²) in [5, 5.41) is 9.99. The zero-order chi connectivity index (χ0) is 15.3. The first kappa shape index (κ1) is 15.2. The Labute approximate surface area is 126 Å². The monoisotopic (exact) mass is 323 g/mol. The predicted molar refractivity (Wildman–Crippen MR) is 83.0 cm³/mol. The largest absolute Gasteiger partial charge is 0.326 e. The SMILES string of the molecule is CC(=O)Nc1ccc(S(=O)(=O)NN=Cc2ccsc2)cc1. The van der Waals surface area contributed by atoms with E-state index >= 15 is 0 Å². The topological polar surface area (TPSA) is 87.6 Å². The zero-order valence-electron chi connectivity index (χ0n) is 11.1. The molecule has 0 fully saturated rings. The van der Waals surface area contributed by atoms with E-state index < -0.39 is 10.0 Å². The highest BCUT2D eigenvalue weighted by atomic mass is 32.2. The van der Waals surface area contributed by atoms with E-state index in [0.29, 0.717) is 5.69 Å². The zero-order valence-corrected chi connectivity index (χ0v) is 12.7. The second kappa shape index (κ2) is 6.51. The first-order chi connectivity index (χ1) is 9.97. The van der Waals surface area contributed by atoms with E-state index in [2.05, 4.69) is 15.2 Å². The minimum absolute atomic E-state index is 0.0686. The number of hydrazone groups is 1. The highest BCUT2D eigenvalue weighted by molar-refractivity contribution is 7.89. The molecule has 2 N–H and O–H groups in total. The standard InChI is InChI=1S/C13H13N3O3S2/c1-10(17)15-12-2-4-13(5-3-12)21(18,19)16-14-8-11-6-7-20-9-11/h2-9,16H,1H3,(H,15,17). The van der Waals surface area contributed by atoms with Gasteiger partial charge in [0.1, 0.15) is 0 Å². The molecular weight excluding hydrogens is 310 g/mol. The number of nitrogens with one attached hydrogen (secondary N) is 2. The van der Waals surface area contributed by atoms with Gasteiger partial charge in [0.05, 0.1) is 11.1 Å². The van der Waals surface area contributed by atoms with Crippen LogP contribution in [0.5, 0.6) is 0 Å². The number of nitrogens with zero attached hydrogens (tertiary/aromatic N) is 1. The molecule has 0 unspecified atom stereocenters. The Kier molecular flexibility index (Phi) is 4.71. The minimum Gasteiger partial charge on any atom is -0.326 e. The third-order valence-corrected chi connectivity index (χ3v) is 4.35. The Morgan fingerprint density at radius 2 is 1.95 bits per heavy atom. The lowest BCUT2D eigenvalue weighted by atomic mass is 10.3. The summed E-state index contributed by atoms with van der Waals surface area (Å²) in [5.74, 6) is -0.218. The quantitative estimate of drug-likeness (QED) is 0.652. The van der Waals surface area contributed by atoms with Crippen molar-refractivity contribution in [3.05, 3.63) is 46.7 Å². The highest BCUT2D eigenvalue weighted by Crippen LogP contribution is 2.14. The average molecular weight is 323 g/mol. The van der Waals surface area contributed by atoms with Gasteiger partial charge < -0.3 is 5.32 Å². The molecule has 110 valence electrons. The second-order valence-electron chi connectivity index (χ2n) is 4.12. The van der Waals surface area contributed by atoms with Crippen molar-refractivity contribution in [1.29, 1.82) is 0 Å². The van der Waals surface area contributed by atoms with Crippen LogP contribution in [0.4, 0.5) is 5.69 Å². The number of carbonyl (C=O) groups excluding carboxylic acids is 1. The molecule has 0 aliphatic heterocycles. The van der Waals surface area contributed by atoms with E-state index in [4.69, 9.17) is 0 Å². The Morgan fingerprint density at radius 1 is 1.24 bits per heavy atom. The number of hydrogen-bond donors (Lipinski definition) is 2. The van der Waals surface area contributed by atoms with Gasteiger partial charge in [-0.15, -0.1) is 0 Å². The third kappa shape index (κ3) is 4.40. The summed E-state index contributed by atoms with van der Waals surface area (Å²) >= 11 is 1.50. The number of anilines is 1. The van der Waals surface area contributed by atoms with Gasteiger partial charge in [-0.3, -0.25) is 4.79 Å². The van der Waals surface area contributed by atoms with Crippen LogP contribution in [-0.2, 0) is 14.8 Å². The summed E-state index contributed by atoms with van der Waals surface area (Å²) in [4.78, 5) is 13.1. The molecule has 0 saturated carbocycles. The lowest BCUT2D eigenvalue weighted by Gasteiger charge is -2.05. The van der Waals surface area contributed by atoms with Crippen molar-refractivity contribution < 1.29 is 13.2 Å². The summed E-state index contributed by atoms with van der Waals surface area (Å²) in [7, 11) is -3.72. The number of carbonyl (C=O) groups is 1. The van der Waals surface area contributed by atoms with Crippen molar-refractivity contribution in [3.8, 4) is 0 Å². The molecule has 2 aromatic rings. The Bertz CT molecular complexity index is 735. The van der Waals surface area contributed by atoms with Crippen molar-refractivity contribution >= 4 is 39.2 Å². The summed E-state index contributed by atoms with van der Waals surface area (Å²) in [6, 6.07) is 7.64. The number of amides is 1. The lowest BCUT2D eigenvalue weighted by molar-refractivity contribution is -0.114. The van der Waals surface area contributed by atoms with E-state index in [1.54, 1.807) is 0 Å². The normalized spacial score (nSPS) is 11.5. The van der Waals surface area contributed by atoms with Gasteiger partial charge in [0.2, 0.25) is 5.91 Å². The van der Waals surface area contributed by atoms with E-state index in [1.165, 1.54) is 48.7 Å². The van der Waals surface area contributed by atoms with Crippen molar-refractivity contribution in [2.45, 2.75) is 11.8 Å². The Balaban J connectivity index is 2.07. The van der Waals surface area contributed by atoms with Crippen LogP contribution in [0.25, 0.3) is 0 Å². The molecular formula is C13H13N3O3S2. The van der Waals surface area contributed by atoms with E-state index in [1.807, 2.05) is 16.8 Å². The van der Waals surface area contributed by atoms with E-state index in [0.717, 1.165) is 5.56 Å². The molecule has 1 aromatic carbocycles. The lowest BCUT2D eigenvalue weighted by Crippen LogP contribution is -2.18. The molecule has 6 nitrogen and oxygen atoms in total. The van der Waals surface area contributed by atoms with Gasteiger partial charge in [0.15, 0.2) is 0 Å². The maximum absolute atomic E-state index is 12.0. The fraction of sp³-hybridized carbons (Fsp3) is 0.0769. The van der Waals surface area contributed by atoms with Crippen LogP contribution in [0.1, 0.15) is 12.5 Å². The molecule has 0 atom stereocenters. The maximum atomic E-state index is 12.0. The average Bonchev–Trinajstić information content (AvgIpc) is 2.91. The van der Waals surface area contributed by atoms with Gasteiger partial charge in [0.25, 0.3) is 10.0 Å². The van der Waals surface area contributed by atoms with Crippen molar-refractivity contribution in [2.24, 2.45) is 5.10 Å². The number of sulfonamides is 1. The number of thiophene rings is 1. The summed E-state index contributed by atoms with van der Waals surface area (Å²) in [6.45, 7) is 1.38. The predicted octanol–water partition coefficient (Wildman–Crippen LogP) is 2.02. The molecule has 0 spiro atoms. The molecule has 1 heterocycles. The van der Waals surface area contributed by atoms with Gasteiger partial charge in [-0.25, -0.2) is 4.83 Å². The van der Waals surface area contributed by atoms with Crippen molar-refractivity contribution in [3.63, 3.8) is 0 Å². The molecule has 0 bridgehead atoms. The molecule has 1 amide bonds. The molecule has 21 heavy (non-hydrogen) atoms. The van der Waals surface area contributed by atoms with Crippen molar-refractivity contribution in [1.82, 2.24) is 4.83 Å². The molecule has 0 aliphatic rings. The van der Waals surface area contributed by atoms with Crippen LogP contribution >= 0.6 is 11.3 Å². The summed E-state index contributed by atoms with van der Waals surface area (Å²) in [5.41, 5.74) is 1.35. The van der Waals surface area contributed by atoms with Crippen LogP contribution in [-0.4, -0.2) is 20.5 Å². The Morgan fingerprint density at radius 3 is 2.52 bits per heavy atom. The fourth-order valence-corrected chi connectivity index (χ4v) is 2.89. The highest BCUT2D eigenvalue weighted by Gasteiger charge is 2.12. The number of benzene rings is 1. The van der Waals surface area contributed by atoms with E-state index in [9.17, 15) is 13.2 Å². The van der Waals surface area contributed by atoms with Crippen LogP contribution in [0.15, 0.2) is 51.1 Å². The number of rotatable bonds is 5. The van der Waals surface area contributed by atoms with Gasteiger partial charge >= 0.3 is 0 Å². The van der Waals surface area contributed by atoms with E-state index in [-0.39, 0.29) is 10.8 Å². The Hall–Kier alpha value is -2.19. The first-order valence-corrected chi connectivity index (χ1v) is 8.35. The molecule has 8 heteroatoms.